The van der Waals surface area contributed by atoms with Crippen molar-refractivity contribution in [1.29, 1.82) is 0 Å². The summed E-state index contributed by atoms with van der Waals surface area (Å²) in [7, 11) is 0. The van der Waals surface area contributed by atoms with Crippen LogP contribution in [0, 0.1) is 6.92 Å². The van der Waals surface area contributed by atoms with E-state index in [0.29, 0.717) is 17.7 Å². The van der Waals surface area contributed by atoms with Crippen LogP contribution in [0.4, 0.5) is 11.6 Å². The highest BCUT2D eigenvalue weighted by atomic mass is 16.2. The predicted molar refractivity (Wildman–Crippen MR) is 105 cm³/mol. The second-order valence-corrected chi connectivity index (χ2v) is 6.91. The van der Waals surface area contributed by atoms with Gasteiger partial charge in [0.1, 0.15) is 5.69 Å². The van der Waals surface area contributed by atoms with Gasteiger partial charge < -0.3 is 10.2 Å². The van der Waals surface area contributed by atoms with Crippen LogP contribution in [0.3, 0.4) is 0 Å². The van der Waals surface area contributed by atoms with Gasteiger partial charge in [0.2, 0.25) is 5.95 Å². The fourth-order valence-electron chi connectivity index (χ4n) is 3.64. The summed E-state index contributed by atoms with van der Waals surface area (Å²) in [5, 5.41) is 3.29. The van der Waals surface area contributed by atoms with Crippen molar-refractivity contribution in [2.24, 2.45) is 0 Å². The first-order chi connectivity index (χ1) is 12.6. The van der Waals surface area contributed by atoms with E-state index in [0.717, 1.165) is 43.6 Å². The molecule has 5 nitrogen and oxygen atoms in total. The summed E-state index contributed by atoms with van der Waals surface area (Å²) in [5.74, 6) is 0.508. The number of nitrogens with zero attached hydrogens (tertiary/aromatic N) is 3. The number of likely N-dealkylation sites (tertiary alicyclic amines) is 1. The number of carbonyl (C=O) groups is 1. The van der Waals surface area contributed by atoms with Gasteiger partial charge in [-0.3, -0.25) is 4.79 Å². The Morgan fingerprint density at radius 2 is 2.04 bits per heavy atom. The Morgan fingerprint density at radius 1 is 1.23 bits per heavy atom. The summed E-state index contributed by atoms with van der Waals surface area (Å²) in [4.78, 5) is 24.1. The average molecular weight is 352 g/mol. The van der Waals surface area contributed by atoms with Crippen molar-refractivity contribution < 1.29 is 4.79 Å². The number of hydrogen-bond acceptors (Lipinski definition) is 4. The first-order valence-corrected chi connectivity index (χ1v) is 9.64. The van der Waals surface area contributed by atoms with Crippen LogP contribution in [0.5, 0.6) is 0 Å². The number of rotatable bonds is 5. The van der Waals surface area contributed by atoms with Crippen molar-refractivity contribution in [2.75, 3.05) is 11.9 Å². The molecule has 2 aromatic rings. The third-order valence-corrected chi connectivity index (χ3v) is 5.08. The van der Waals surface area contributed by atoms with Gasteiger partial charge in [0.05, 0.1) is 0 Å². The summed E-state index contributed by atoms with van der Waals surface area (Å²) in [5.41, 5.74) is 3.47. The van der Waals surface area contributed by atoms with Crippen molar-refractivity contribution in [3.8, 4) is 0 Å². The van der Waals surface area contributed by atoms with Crippen LogP contribution in [0.15, 0.2) is 30.3 Å². The number of aryl methyl sites for hydroxylation is 2. The number of amides is 1. The predicted octanol–water partition coefficient (Wildman–Crippen LogP) is 4.50. The lowest BCUT2D eigenvalue weighted by molar-refractivity contribution is 0.0602. The Bertz CT molecular complexity index is 774. The van der Waals surface area contributed by atoms with Gasteiger partial charge in [-0.25, -0.2) is 9.97 Å². The number of anilines is 2. The number of nitrogens with one attached hydrogen (secondary N) is 1. The van der Waals surface area contributed by atoms with Gasteiger partial charge in [-0.1, -0.05) is 32.0 Å². The van der Waals surface area contributed by atoms with Crippen molar-refractivity contribution in [3.05, 3.63) is 47.3 Å². The highest BCUT2D eigenvalue weighted by molar-refractivity contribution is 5.93. The maximum Gasteiger partial charge on any atom is 0.272 e. The van der Waals surface area contributed by atoms with Crippen LogP contribution in [-0.4, -0.2) is 33.4 Å². The molecule has 1 saturated heterocycles. The molecule has 138 valence electrons. The molecule has 5 heteroatoms. The summed E-state index contributed by atoms with van der Waals surface area (Å²) in [6.07, 6.45) is 5.27. The molecule has 1 atom stereocenters. The SMILES string of the molecule is CCc1ccccc1Nc1nc(C)cc(C(=O)N2CCCCC2CC)n1. The minimum Gasteiger partial charge on any atom is -0.334 e. The highest BCUT2D eigenvalue weighted by Crippen LogP contribution is 2.23. The molecule has 2 heterocycles. The van der Waals surface area contributed by atoms with Crippen LogP contribution < -0.4 is 5.32 Å². The molecule has 1 aliphatic rings. The Labute approximate surface area is 155 Å². The molecule has 1 aromatic carbocycles. The normalized spacial score (nSPS) is 17.2. The molecule has 0 spiro atoms. The molecule has 26 heavy (non-hydrogen) atoms. The third kappa shape index (κ3) is 4.03. The Morgan fingerprint density at radius 3 is 2.81 bits per heavy atom. The van der Waals surface area contributed by atoms with E-state index in [9.17, 15) is 4.79 Å². The zero-order valence-electron chi connectivity index (χ0n) is 16.0. The lowest BCUT2D eigenvalue weighted by atomic mass is 9.99. The monoisotopic (exact) mass is 352 g/mol. The zero-order chi connectivity index (χ0) is 18.5. The molecule has 0 radical (unpaired) electrons. The number of carbonyl (C=O) groups excluding carboxylic acids is 1. The molecular weight excluding hydrogens is 324 g/mol. The largest absolute Gasteiger partial charge is 0.334 e. The number of para-hydroxylation sites is 1. The molecule has 1 amide bonds. The summed E-state index contributed by atoms with van der Waals surface area (Å²) >= 11 is 0. The van der Waals surface area contributed by atoms with Crippen molar-refractivity contribution in [1.82, 2.24) is 14.9 Å². The van der Waals surface area contributed by atoms with Gasteiger partial charge in [-0.2, -0.15) is 0 Å². The van der Waals surface area contributed by atoms with E-state index in [1.165, 1.54) is 12.0 Å². The van der Waals surface area contributed by atoms with Crippen LogP contribution in [-0.2, 0) is 6.42 Å². The number of benzene rings is 1. The summed E-state index contributed by atoms with van der Waals surface area (Å²) in [6.45, 7) is 6.99. The molecule has 1 unspecified atom stereocenters. The molecule has 1 aromatic heterocycles. The van der Waals surface area contributed by atoms with E-state index in [2.05, 4.69) is 35.2 Å². The van der Waals surface area contributed by atoms with E-state index >= 15 is 0 Å². The molecule has 0 bridgehead atoms. The minimum atomic E-state index is 0.0221. The van der Waals surface area contributed by atoms with E-state index < -0.39 is 0 Å². The van der Waals surface area contributed by atoms with E-state index in [1.54, 1.807) is 6.07 Å². The Balaban J connectivity index is 1.86. The lowest BCUT2D eigenvalue weighted by Gasteiger charge is -2.35. The van der Waals surface area contributed by atoms with Crippen molar-refractivity contribution >= 4 is 17.5 Å². The fourth-order valence-corrected chi connectivity index (χ4v) is 3.64. The second-order valence-electron chi connectivity index (χ2n) is 6.91. The minimum absolute atomic E-state index is 0.0221. The fraction of sp³-hybridized carbons (Fsp3) is 0.476. The Hall–Kier alpha value is -2.43. The topological polar surface area (TPSA) is 58.1 Å². The van der Waals surface area contributed by atoms with Gasteiger partial charge in [-0.15, -0.1) is 0 Å². The summed E-state index contributed by atoms with van der Waals surface area (Å²) in [6, 6.07) is 10.2. The molecule has 0 saturated carbocycles. The molecule has 1 fully saturated rings. The van der Waals surface area contributed by atoms with E-state index in [1.807, 2.05) is 30.0 Å². The average Bonchev–Trinajstić information content (AvgIpc) is 2.67. The van der Waals surface area contributed by atoms with Crippen LogP contribution in [0.1, 0.15) is 61.3 Å². The maximum atomic E-state index is 13.1. The smallest absolute Gasteiger partial charge is 0.272 e. The van der Waals surface area contributed by atoms with Crippen LogP contribution in [0.2, 0.25) is 0 Å². The molecule has 3 rings (SSSR count). The number of piperidine rings is 1. The molecule has 1 aliphatic heterocycles. The number of hydrogen-bond donors (Lipinski definition) is 1. The second kappa shape index (κ2) is 8.30. The molecule has 0 aliphatic carbocycles. The Kier molecular flexibility index (Phi) is 5.86. The van der Waals surface area contributed by atoms with E-state index in [4.69, 9.17) is 0 Å². The maximum absolute atomic E-state index is 13.1. The van der Waals surface area contributed by atoms with Gasteiger partial charge in [0, 0.05) is 24.0 Å². The van der Waals surface area contributed by atoms with Gasteiger partial charge in [0.15, 0.2) is 0 Å². The standard InChI is InChI=1S/C21H28N4O/c1-4-16-10-6-7-12-18(16)23-21-22-15(3)14-19(24-21)20(26)25-13-9-8-11-17(25)5-2/h6-7,10,12,14,17H,4-5,8-9,11,13H2,1-3H3,(H,22,23,24). The number of aromatic nitrogens is 2. The van der Waals surface area contributed by atoms with Crippen LogP contribution in [0.25, 0.3) is 0 Å². The van der Waals surface area contributed by atoms with Crippen molar-refractivity contribution in [3.63, 3.8) is 0 Å². The highest BCUT2D eigenvalue weighted by Gasteiger charge is 2.27. The first-order valence-electron chi connectivity index (χ1n) is 9.64. The van der Waals surface area contributed by atoms with E-state index in [-0.39, 0.29) is 5.91 Å². The van der Waals surface area contributed by atoms with Crippen molar-refractivity contribution in [2.45, 2.75) is 58.9 Å². The summed E-state index contributed by atoms with van der Waals surface area (Å²) < 4.78 is 0. The van der Waals surface area contributed by atoms with Gasteiger partial charge in [-0.05, 0) is 56.7 Å². The van der Waals surface area contributed by atoms with Crippen LogP contribution >= 0.6 is 0 Å². The van der Waals surface area contributed by atoms with Gasteiger partial charge >= 0.3 is 0 Å². The molecule has 1 N–H and O–H groups in total. The quantitative estimate of drug-likeness (QED) is 0.861. The molecular formula is C21H28N4O. The third-order valence-electron chi connectivity index (χ3n) is 5.08. The lowest BCUT2D eigenvalue weighted by Crippen LogP contribution is -2.43. The van der Waals surface area contributed by atoms with Gasteiger partial charge in [0.25, 0.3) is 5.91 Å². The first kappa shape index (κ1) is 18.4. The zero-order valence-corrected chi connectivity index (χ0v) is 16.0.